The van der Waals surface area contributed by atoms with Gasteiger partial charge in [0.15, 0.2) is 0 Å². The second kappa shape index (κ2) is 6.70. The third kappa shape index (κ3) is 3.93. The van der Waals surface area contributed by atoms with Crippen molar-refractivity contribution in [2.24, 2.45) is 5.92 Å². The fourth-order valence-electron chi connectivity index (χ4n) is 2.50. The lowest BCUT2D eigenvalue weighted by Crippen LogP contribution is -2.40. The molecule has 2 N–H and O–H groups in total. The summed E-state index contributed by atoms with van der Waals surface area (Å²) in [6, 6.07) is 1.99. The molecule has 0 aromatic carbocycles. The van der Waals surface area contributed by atoms with Gasteiger partial charge in [0.2, 0.25) is 0 Å². The maximum atomic E-state index is 12.2. The normalized spacial score (nSPS) is 22.9. The molecule has 2 unspecified atom stereocenters. The number of carboxylic acid groups (broad SMARTS) is 1. The highest BCUT2D eigenvalue weighted by Crippen LogP contribution is 2.24. The van der Waals surface area contributed by atoms with E-state index in [0.717, 1.165) is 17.4 Å². The molecule has 1 amide bonds. The van der Waals surface area contributed by atoms with Crippen LogP contribution in [0.4, 0.5) is 0 Å². The van der Waals surface area contributed by atoms with Crippen LogP contribution in [-0.4, -0.2) is 23.0 Å². The van der Waals surface area contributed by atoms with E-state index < -0.39 is 5.97 Å². The Bertz CT molecular complexity index is 521. The van der Waals surface area contributed by atoms with E-state index in [0.29, 0.717) is 11.5 Å². The molecule has 2 rings (SSSR count). The summed E-state index contributed by atoms with van der Waals surface area (Å²) in [5, 5.41) is 13.4. The van der Waals surface area contributed by atoms with Crippen LogP contribution < -0.4 is 5.32 Å². The molecule has 0 aliphatic heterocycles. The zero-order chi connectivity index (χ0) is 14.5. The van der Waals surface area contributed by atoms with Gasteiger partial charge in [0.1, 0.15) is 0 Å². The standard InChI is InChI=1S/C15H19NO3S/c1-10-4-2-3-5-13(10)16-15(19)11-8-12(20-9-11)6-7-14(17)18/h6-10,13H,2-5H2,1H3,(H,16,19)(H,17,18). The molecule has 1 heterocycles. The number of hydrogen-bond donors (Lipinski definition) is 2. The minimum Gasteiger partial charge on any atom is -0.478 e. The summed E-state index contributed by atoms with van der Waals surface area (Å²) in [7, 11) is 0. The number of rotatable bonds is 4. The molecule has 5 heteroatoms. The van der Waals surface area contributed by atoms with E-state index in [1.807, 2.05) is 0 Å². The number of amides is 1. The number of hydrogen-bond acceptors (Lipinski definition) is 3. The molecule has 0 radical (unpaired) electrons. The van der Waals surface area contributed by atoms with E-state index in [2.05, 4.69) is 12.2 Å². The van der Waals surface area contributed by atoms with Crippen LogP contribution in [0.2, 0.25) is 0 Å². The Morgan fingerprint density at radius 1 is 1.40 bits per heavy atom. The summed E-state index contributed by atoms with van der Waals surface area (Å²) in [5.74, 6) is -0.520. The Hall–Kier alpha value is -1.62. The van der Waals surface area contributed by atoms with Gasteiger partial charge in [-0.1, -0.05) is 19.8 Å². The molecular formula is C15H19NO3S. The number of carbonyl (C=O) groups is 2. The molecule has 108 valence electrons. The van der Waals surface area contributed by atoms with Crippen molar-refractivity contribution in [2.45, 2.75) is 38.6 Å². The fourth-order valence-corrected chi connectivity index (χ4v) is 3.27. The summed E-state index contributed by atoms with van der Waals surface area (Å²) < 4.78 is 0. The first kappa shape index (κ1) is 14.8. The van der Waals surface area contributed by atoms with Gasteiger partial charge in [0, 0.05) is 22.4 Å². The molecule has 1 saturated carbocycles. The van der Waals surface area contributed by atoms with Crippen LogP contribution in [0, 0.1) is 5.92 Å². The van der Waals surface area contributed by atoms with Crippen molar-refractivity contribution in [3.05, 3.63) is 28.0 Å². The van der Waals surface area contributed by atoms with Gasteiger partial charge in [0.05, 0.1) is 5.56 Å². The third-order valence-corrected chi connectivity index (χ3v) is 4.60. The number of aliphatic carboxylic acids is 1. The minimum atomic E-state index is -0.986. The Morgan fingerprint density at radius 3 is 2.85 bits per heavy atom. The van der Waals surface area contributed by atoms with Crippen LogP contribution in [0.15, 0.2) is 17.5 Å². The highest BCUT2D eigenvalue weighted by Gasteiger charge is 2.23. The predicted molar refractivity (Wildman–Crippen MR) is 79.9 cm³/mol. The van der Waals surface area contributed by atoms with Gasteiger partial charge in [-0.15, -0.1) is 11.3 Å². The van der Waals surface area contributed by atoms with Gasteiger partial charge in [-0.2, -0.15) is 0 Å². The van der Waals surface area contributed by atoms with Crippen molar-refractivity contribution in [2.75, 3.05) is 0 Å². The van der Waals surface area contributed by atoms with Crippen LogP contribution in [-0.2, 0) is 4.79 Å². The molecule has 1 aliphatic carbocycles. The maximum absolute atomic E-state index is 12.2. The van der Waals surface area contributed by atoms with Gasteiger partial charge in [-0.05, 0) is 30.9 Å². The topological polar surface area (TPSA) is 66.4 Å². The van der Waals surface area contributed by atoms with E-state index >= 15 is 0 Å². The van der Waals surface area contributed by atoms with Crippen molar-refractivity contribution < 1.29 is 14.7 Å². The lowest BCUT2D eigenvalue weighted by Gasteiger charge is -2.29. The largest absolute Gasteiger partial charge is 0.478 e. The van der Waals surface area contributed by atoms with Crippen LogP contribution >= 0.6 is 11.3 Å². The number of thiophene rings is 1. The van der Waals surface area contributed by atoms with Crippen molar-refractivity contribution in [3.8, 4) is 0 Å². The number of carboxylic acids is 1. The van der Waals surface area contributed by atoms with Gasteiger partial charge >= 0.3 is 5.97 Å². The molecule has 0 saturated heterocycles. The molecular weight excluding hydrogens is 274 g/mol. The summed E-state index contributed by atoms with van der Waals surface area (Å²) in [6.07, 6.45) is 7.22. The zero-order valence-corrected chi connectivity index (χ0v) is 12.3. The van der Waals surface area contributed by atoms with Gasteiger partial charge in [-0.3, -0.25) is 4.79 Å². The molecule has 0 spiro atoms. The molecule has 2 atom stereocenters. The minimum absolute atomic E-state index is 0.0602. The smallest absolute Gasteiger partial charge is 0.328 e. The van der Waals surface area contributed by atoms with E-state index in [4.69, 9.17) is 5.11 Å². The van der Waals surface area contributed by atoms with Crippen LogP contribution in [0.25, 0.3) is 6.08 Å². The summed E-state index contributed by atoms with van der Waals surface area (Å²) in [5.41, 5.74) is 0.609. The molecule has 0 bridgehead atoms. The highest BCUT2D eigenvalue weighted by molar-refractivity contribution is 7.11. The predicted octanol–water partition coefficient (Wildman–Crippen LogP) is 3.15. The second-order valence-electron chi connectivity index (χ2n) is 5.25. The SMILES string of the molecule is CC1CCCCC1NC(=O)c1csc(C=CC(=O)O)c1. The van der Waals surface area contributed by atoms with Gasteiger partial charge in [0.25, 0.3) is 5.91 Å². The van der Waals surface area contributed by atoms with Crippen LogP contribution in [0.1, 0.15) is 47.8 Å². The first-order chi connectivity index (χ1) is 9.56. The summed E-state index contributed by atoms with van der Waals surface area (Å²) in [4.78, 5) is 23.4. The molecule has 4 nitrogen and oxygen atoms in total. The van der Waals surface area contributed by atoms with E-state index in [1.54, 1.807) is 11.4 Å². The third-order valence-electron chi connectivity index (χ3n) is 3.70. The number of carbonyl (C=O) groups excluding carboxylic acids is 1. The van der Waals surface area contributed by atoms with Crippen LogP contribution in [0.3, 0.4) is 0 Å². The van der Waals surface area contributed by atoms with E-state index in [-0.39, 0.29) is 11.9 Å². The molecule has 1 fully saturated rings. The van der Waals surface area contributed by atoms with Crippen molar-refractivity contribution in [1.82, 2.24) is 5.32 Å². The average molecular weight is 293 g/mol. The molecule has 1 aliphatic rings. The molecule has 1 aromatic heterocycles. The lowest BCUT2D eigenvalue weighted by atomic mass is 9.86. The van der Waals surface area contributed by atoms with Crippen molar-refractivity contribution in [1.29, 1.82) is 0 Å². The monoisotopic (exact) mass is 293 g/mol. The van der Waals surface area contributed by atoms with Crippen LogP contribution in [0.5, 0.6) is 0 Å². The zero-order valence-electron chi connectivity index (χ0n) is 11.5. The first-order valence-electron chi connectivity index (χ1n) is 6.86. The lowest BCUT2D eigenvalue weighted by molar-refractivity contribution is -0.131. The molecule has 20 heavy (non-hydrogen) atoms. The summed E-state index contributed by atoms with van der Waals surface area (Å²) >= 11 is 1.37. The average Bonchev–Trinajstić information content (AvgIpc) is 2.88. The second-order valence-corrected chi connectivity index (χ2v) is 6.19. The fraction of sp³-hybridized carbons (Fsp3) is 0.467. The Morgan fingerprint density at radius 2 is 2.15 bits per heavy atom. The van der Waals surface area contributed by atoms with E-state index in [1.165, 1.54) is 36.7 Å². The van der Waals surface area contributed by atoms with Crippen molar-refractivity contribution >= 4 is 29.3 Å². The first-order valence-corrected chi connectivity index (χ1v) is 7.74. The van der Waals surface area contributed by atoms with Crippen molar-refractivity contribution in [3.63, 3.8) is 0 Å². The number of nitrogens with one attached hydrogen (secondary N) is 1. The quantitative estimate of drug-likeness (QED) is 0.838. The Labute approximate surface area is 122 Å². The Kier molecular flexibility index (Phi) is 4.95. The molecule has 1 aromatic rings. The van der Waals surface area contributed by atoms with Gasteiger partial charge in [-0.25, -0.2) is 4.79 Å². The highest BCUT2D eigenvalue weighted by atomic mass is 32.1. The van der Waals surface area contributed by atoms with Gasteiger partial charge < -0.3 is 10.4 Å². The Balaban J connectivity index is 1.97. The summed E-state index contributed by atoms with van der Waals surface area (Å²) in [6.45, 7) is 2.18. The van der Waals surface area contributed by atoms with E-state index in [9.17, 15) is 9.59 Å². The maximum Gasteiger partial charge on any atom is 0.328 e.